The number of rotatable bonds is 3. The minimum atomic E-state index is -0.182. The fourth-order valence-electron chi connectivity index (χ4n) is 3.74. The highest BCUT2D eigenvalue weighted by Crippen LogP contribution is 2.16. The number of aryl methyl sites for hydroxylation is 1. The lowest BCUT2D eigenvalue weighted by atomic mass is 10.1. The van der Waals surface area contributed by atoms with E-state index in [1.807, 2.05) is 36.1 Å². The molecule has 0 unspecified atom stereocenters. The minimum absolute atomic E-state index is 0.0738. The van der Waals surface area contributed by atoms with Gasteiger partial charge in [0.1, 0.15) is 5.82 Å². The number of hydrogen-bond donors (Lipinski definition) is 1. The molecule has 1 saturated heterocycles. The van der Waals surface area contributed by atoms with Crippen LogP contribution in [0.2, 0.25) is 5.02 Å². The maximum Gasteiger partial charge on any atom is 0.258 e. The van der Waals surface area contributed by atoms with Gasteiger partial charge in [-0.05, 0) is 43.7 Å². The Labute approximate surface area is 174 Å². The topological polar surface area (TPSA) is 69.3 Å². The number of nitrogens with zero attached hydrogens (tertiary/aromatic N) is 3. The number of hydrogen-bond acceptors (Lipinski definition) is 4. The lowest BCUT2D eigenvalue weighted by Crippen LogP contribution is -2.35. The van der Waals surface area contributed by atoms with E-state index < -0.39 is 0 Å². The van der Waals surface area contributed by atoms with Gasteiger partial charge in [-0.1, -0.05) is 29.3 Å². The van der Waals surface area contributed by atoms with Crippen LogP contribution < -0.4 is 5.56 Å². The summed E-state index contributed by atoms with van der Waals surface area (Å²) in [4.78, 5) is 36.8. The molecule has 0 radical (unpaired) electrons. The van der Waals surface area contributed by atoms with Gasteiger partial charge in [0, 0.05) is 36.8 Å². The summed E-state index contributed by atoms with van der Waals surface area (Å²) in [5.41, 5.74) is 2.27. The molecule has 2 heterocycles. The number of aromatic amines is 1. The fraction of sp³-hybridized carbons (Fsp3) is 0.318. The molecule has 0 atom stereocenters. The SMILES string of the molecule is Cc1cccc(C(=O)N2CCCN(Cc3nc4ccc(Cl)cc4c(=O)[nH]3)CC2)c1. The second kappa shape index (κ2) is 8.35. The van der Waals surface area contributed by atoms with Gasteiger partial charge in [-0.15, -0.1) is 0 Å². The third-order valence-electron chi connectivity index (χ3n) is 5.23. The monoisotopic (exact) mass is 410 g/mol. The Kier molecular flexibility index (Phi) is 5.65. The minimum Gasteiger partial charge on any atom is -0.337 e. The number of benzene rings is 2. The highest BCUT2D eigenvalue weighted by Gasteiger charge is 2.21. The van der Waals surface area contributed by atoms with E-state index in [1.165, 1.54) is 0 Å². The third-order valence-corrected chi connectivity index (χ3v) is 5.47. The van der Waals surface area contributed by atoms with Crippen LogP contribution in [0.3, 0.4) is 0 Å². The molecule has 0 saturated carbocycles. The van der Waals surface area contributed by atoms with Crippen LogP contribution in [0, 0.1) is 6.92 Å². The van der Waals surface area contributed by atoms with Gasteiger partial charge in [-0.3, -0.25) is 14.5 Å². The Morgan fingerprint density at radius 1 is 1.14 bits per heavy atom. The van der Waals surface area contributed by atoms with Crippen LogP contribution in [0.25, 0.3) is 10.9 Å². The first-order valence-corrected chi connectivity index (χ1v) is 10.1. The summed E-state index contributed by atoms with van der Waals surface area (Å²) in [5.74, 6) is 0.702. The van der Waals surface area contributed by atoms with Crippen LogP contribution in [0.15, 0.2) is 47.3 Å². The van der Waals surface area contributed by atoms with E-state index in [1.54, 1.807) is 18.2 Å². The van der Waals surface area contributed by atoms with Crippen molar-refractivity contribution in [2.45, 2.75) is 19.9 Å². The van der Waals surface area contributed by atoms with Crippen molar-refractivity contribution in [3.05, 3.63) is 74.8 Å². The molecule has 7 heteroatoms. The highest BCUT2D eigenvalue weighted by molar-refractivity contribution is 6.31. The Hall–Kier alpha value is -2.70. The number of fused-ring (bicyclic) bond motifs is 1. The standard InChI is InChI=1S/C22H23ClN4O2/c1-15-4-2-5-16(12-15)22(29)27-9-3-8-26(10-11-27)14-20-24-19-7-6-17(23)13-18(19)21(28)25-20/h2,4-7,12-13H,3,8-11,14H2,1H3,(H,24,25,28). The van der Waals surface area contributed by atoms with E-state index in [-0.39, 0.29) is 11.5 Å². The van der Waals surface area contributed by atoms with Gasteiger partial charge in [0.05, 0.1) is 17.4 Å². The van der Waals surface area contributed by atoms with Gasteiger partial charge in [0.25, 0.3) is 11.5 Å². The zero-order chi connectivity index (χ0) is 20.4. The van der Waals surface area contributed by atoms with Crippen LogP contribution >= 0.6 is 11.6 Å². The van der Waals surface area contributed by atoms with Crippen molar-refractivity contribution in [1.29, 1.82) is 0 Å². The molecule has 6 nitrogen and oxygen atoms in total. The Morgan fingerprint density at radius 2 is 2.00 bits per heavy atom. The maximum absolute atomic E-state index is 12.8. The summed E-state index contributed by atoms with van der Waals surface area (Å²) in [6, 6.07) is 12.8. The van der Waals surface area contributed by atoms with Crippen molar-refractivity contribution < 1.29 is 4.79 Å². The molecule has 2 aromatic carbocycles. The lowest BCUT2D eigenvalue weighted by molar-refractivity contribution is 0.0761. The summed E-state index contributed by atoms with van der Waals surface area (Å²) in [6.45, 7) is 5.50. The Balaban J connectivity index is 1.45. The molecule has 1 N–H and O–H groups in total. The Morgan fingerprint density at radius 3 is 2.83 bits per heavy atom. The van der Waals surface area contributed by atoms with E-state index in [0.29, 0.717) is 34.8 Å². The zero-order valence-corrected chi connectivity index (χ0v) is 17.1. The molecule has 1 aliphatic rings. The van der Waals surface area contributed by atoms with E-state index in [2.05, 4.69) is 14.9 Å². The average molecular weight is 411 g/mol. The largest absolute Gasteiger partial charge is 0.337 e. The van der Waals surface area contributed by atoms with Crippen molar-refractivity contribution in [3.63, 3.8) is 0 Å². The molecule has 1 aliphatic heterocycles. The summed E-state index contributed by atoms with van der Waals surface area (Å²) < 4.78 is 0. The molecule has 0 bridgehead atoms. The number of halogens is 1. The number of nitrogens with one attached hydrogen (secondary N) is 1. The fourth-order valence-corrected chi connectivity index (χ4v) is 3.91. The van der Waals surface area contributed by atoms with E-state index in [9.17, 15) is 9.59 Å². The summed E-state index contributed by atoms with van der Waals surface area (Å²) in [7, 11) is 0. The first-order chi connectivity index (χ1) is 14.0. The van der Waals surface area contributed by atoms with E-state index in [4.69, 9.17) is 11.6 Å². The van der Waals surface area contributed by atoms with E-state index >= 15 is 0 Å². The highest BCUT2D eigenvalue weighted by atomic mass is 35.5. The lowest BCUT2D eigenvalue weighted by Gasteiger charge is -2.22. The van der Waals surface area contributed by atoms with Gasteiger partial charge in [-0.25, -0.2) is 4.98 Å². The van der Waals surface area contributed by atoms with Crippen LogP contribution in [-0.2, 0) is 6.54 Å². The maximum atomic E-state index is 12.8. The predicted octanol–water partition coefficient (Wildman–Crippen LogP) is 3.23. The quantitative estimate of drug-likeness (QED) is 0.719. The van der Waals surface area contributed by atoms with Crippen molar-refractivity contribution >= 4 is 28.4 Å². The molecular formula is C22H23ClN4O2. The van der Waals surface area contributed by atoms with Crippen LogP contribution in [0.5, 0.6) is 0 Å². The summed E-state index contributed by atoms with van der Waals surface area (Å²) in [6.07, 6.45) is 0.880. The smallest absolute Gasteiger partial charge is 0.258 e. The van der Waals surface area contributed by atoms with Crippen LogP contribution in [0.1, 0.15) is 28.2 Å². The number of aromatic nitrogens is 2. The number of carbonyl (C=O) groups is 1. The van der Waals surface area contributed by atoms with Gasteiger partial charge >= 0.3 is 0 Å². The Bertz CT molecular complexity index is 1110. The first kappa shape index (κ1) is 19.6. The number of H-pyrrole nitrogens is 1. The third kappa shape index (κ3) is 4.49. The van der Waals surface area contributed by atoms with Gasteiger partial charge in [-0.2, -0.15) is 0 Å². The van der Waals surface area contributed by atoms with Crippen molar-refractivity contribution in [2.75, 3.05) is 26.2 Å². The van der Waals surface area contributed by atoms with Crippen LogP contribution in [0.4, 0.5) is 0 Å². The molecule has 0 spiro atoms. The van der Waals surface area contributed by atoms with Crippen molar-refractivity contribution in [3.8, 4) is 0 Å². The second-order valence-electron chi connectivity index (χ2n) is 7.47. The number of carbonyl (C=O) groups excluding carboxylic acids is 1. The molecule has 29 heavy (non-hydrogen) atoms. The van der Waals surface area contributed by atoms with Gasteiger partial charge in [0.2, 0.25) is 0 Å². The normalized spacial score (nSPS) is 15.4. The number of amides is 1. The molecule has 0 aliphatic carbocycles. The summed E-state index contributed by atoms with van der Waals surface area (Å²) in [5, 5.41) is 1.01. The van der Waals surface area contributed by atoms with Crippen LogP contribution in [-0.4, -0.2) is 51.9 Å². The van der Waals surface area contributed by atoms with Gasteiger partial charge < -0.3 is 9.88 Å². The zero-order valence-electron chi connectivity index (χ0n) is 16.3. The molecule has 1 amide bonds. The molecule has 1 fully saturated rings. The second-order valence-corrected chi connectivity index (χ2v) is 7.90. The molecular weight excluding hydrogens is 388 g/mol. The molecule has 150 valence electrons. The first-order valence-electron chi connectivity index (χ1n) is 9.76. The van der Waals surface area contributed by atoms with E-state index in [0.717, 1.165) is 37.2 Å². The summed E-state index contributed by atoms with van der Waals surface area (Å²) >= 11 is 5.98. The van der Waals surface area contributed by atoms with Gasteiger partial charge in [0.15, 0.2) is 0 Å². The molecule has 4 rings (SSSR count). The predicted molar refractivity (Wildman–Crippen MR) is 114 cm³/mol. The average Bonchev–Trinajstić information content (AvgIpc) is 2.94. The molecule has 3 aromatic rings. The molecule has 1 aromatic heterocycles. The van der Waals surface area contributed by atoms with Crippen molar-refractivity contribution in [2.24, 2.45) is 0 Å². The van der Waals surface area contributed by atoms with Crippen molar-refractivity contribution in [1.82, 2.24) is 19.8 Å².